The molecule has 29 heavy (non-hydrogen) atoms. The number of nitrogens with zero attached hydrogens (tertiary/aromatic N) is 3. The van der Waals surface area contributed by atoms with Crippen LogP contribution in [0.5, 0.6) is 0 Å². The van der Waals surface area contributed by atoms with Crippen molar-refractivity contribution in [1.82, 2.24) is 15.1 Å². The number of rotatable bonds is 4. The van der Waals surface area contributed by atoms with E-state index in [1.807, 2.05) is 4.90 Å². The first-order valence-electron chi connectivity index (χ1n) is 9.80. The van der Waals surface area contributed by atoms with Gasteiger partial charge in [-0.2, -0.15) is 0 Å². The van der Waals surface area contributed by atoms with Gasteiger partial charge in [0.15, 0.2) is 11.7 Å². The summed E-state index contributed by atoms with van der Waals surface area (Å²) in [6.07, 6.45) is 2.66. The zero-order chi connectivity index (χ0) is 19.5. The molecule has 2 unspecified atom stereocenters. The van der Waals surface area contributed by atoms with Crippen LogP contribution >= 0.6 is 39.9 Å². The molecule has 2 aromatic rings. The minimum atomic E-state index is -0.0379. The Morgan fingerprint density at radius 1 is 1.17 bits per heavy atom. The summed E-state index contributed by atoms with van der Waals surface area (Å²) in [7, 11) is 0. The lowest BCUT2D eigenvalue weighted by Crippen LogP contribution is -2.54. The van der Waals surface area contributed by atoms with E-state index in [0.717, 1.165) is 36.5 Å². The summed E-state index contributed by atoms with van der Waals surface area (Å²) in [5.74, 6) is 1.86. The largest absolute Gasteiger partial charge is 0.459 e. The maximum atomic E-state index is 12.4. The van der Waals surface area contributed by atoms with Crippen LogP contribution in [-0.2, 0) is 0 Å². The molecule has 2 heterocycles. The number of piperazine rings is 1. The molecular weight excluding hydrogens is 547 g/mol. The number of hydrogen-bond acceptors (Lipinski definition) is 3. The summed E-state index contributed by atoms with van der Waals surface area (Å²) < 4.78 is 6.35. The lowest BCUT2D eigenvalue weighted by molar-refractivity contribution is 0.0657. The SMILES string of the molecule is CCN=C(NC1CC1c1ccc(Br)cc1)N1CCN(C(=O)c2ccco2)CC1.I. The third kappa shape index (κ3) is 5.33. The van der Waals surface area contributed by atoms with Crippen LogP contribution in [0.1, 0.15) is 35.4 Å². The Morgan fingerprint density at radius 3 is 2.48 bits per heavy atom. The number of amides is 1. The summed E-state index contributed by atoms with van der Waals surface area (Å²) >= 11 is 3.50. The second-order valence-corrected chi connectivity index (χ2v) is 8.11. The van der Waals surface area contributed by atoms with E-state index in [-0.39, 0.29) is 29.9 Å². The lowest BCUT2D eigenvalue weighted by Gasteiger charge is -2.36. The first-order chi connectivity index (χ1) is 13.7. The third-order valence-corrected chi connectivity index (χ3v) is 5.84. The van der Waals surface area contributed by atoms with Crippen LogP contribution in [0.25, 0.3) is 0 Å². The molecule has 6 nitrogen and oxygen atoms in total. The topological polar surface area (TPSA) is 61.1 Å². The summed E-state index contributed by atoms with van der Waals surface area (Å²) in [5, 5.41) is 3.64. The Balaban J connectivity index is 0.00000240. The van der Waals surface area contributed by atoms with E-state index < -0.39 is 0 Å². The maximum absolute atomic E-state index is 12.4. The van der Waals surface area contributed by atoms with E-state index in [0.29, 0.717) is 30.8 Å². The highest BCUT2D eigenvalue weighted by Gasteiger charge is 2.40. The number of furan rings is 1. The molecule has 8 heteroatoms. The molecule has 156 valence electrons. The summed E-state index contributed by atoms with van der Waals surface area (Å²) in [4.78, 5) is 21.2. The summed E-state index contributed by atoms with van der Waals surface area (Å²) in [6, 6.07) is 12.5. The van der Waals surface area contributed by atoms with Gasteiger partial charge in [-0.25, -0.2) is 0 Å². The van der Waals surface area contributed by atoms with E-state index in [1.165, 1.54) is 11.8 Å². The summed E-state index contributed by atoms with van der Waals surface area (Å²) in [5.41, 5.74) is 1.37. The highest BCUT2D eigenvalue weighted by atomic mass is 127. The summed E-state index contributed by atoms with van der Waals surface area (Å²) in [6.45, 7) is 5.68. The molecule has 4 rings (SSSR count). The van der Waals surface area contributed by atoms with E-state index in [9.17, 15) is 4.79 Å². The van der Waals surface area contributed by atoms with Crippen LogP contribution in [0.15, 0.2) is 56.5 Å². The van der Waals surface area contributed by atoms with Gasteiger partial charge < -0.3 is 19.5 Å². The zero-order valence-corrected chi connectivity index (χ0v) is 20.3. The number of carbonyl (C=O) groups is 1. The van der Waals surface area contributed by atoms with E-state index in [4.69, 9.17) is 9.41 Å². The van der Waals surface area contributed by atoms with Crippen molar-refractivity contribution in [1.29, 1.82) is 0 Å². The molecule has 1 saturated heterocycles. The minimum absolute atomic E-state index is 0. The predicted octanol–water partition coefficient (Wildman–Crippen LogP) is 3.94. The number of hydrogen-bond donors (Lipinski definition) is 1. The highest BCUT2D eigenvalue weighted by Crippen LogP contribution is 2.41. The van der Waals surface area contributed by atoms with Gasteiger partial charge >= 0.3 is 0 Å². The molecular formula is C21H26BrIN4O2. The van der Waals surface area contributed by atoms with Crippen molar-refractivity contribution >= 4 is 51.8 Å². The quantitative estimate of drug-likeness (QED) is 0.342. The molecule has 1 aromatic heterocycles. The molecule has 1 amide bonds. The Bertz CT molecular complexity index is 833. The number of halogens is 2. The second kappa shape index (κ2) is 9.97. The van der Waals surface area contributed by atoms with Gasteiger partial charge in [-0.15, -0.1) is 24.0 Å². The highest BCUT2D eigenvalue weighted by molar-refractivity contribution is 14.0. The Hall–Kier alpha value is -1.55. The van der Waals surface area contributed by atoms with Gasteiger partial charge in [0.1, 0.15) is 0 Å². The van der Waals surface area contributed by atoms with Crippen LogP contribution in [0.4, 0.5) is 0 Å². The molecule has 2 atom stereocenters. The molecule has 1 saturated carbocycles. The van der Waals surface area contributed by atoms with Gasteiger partial charge in [-0.05, 0) is 43.2 Å². The van der Waals surface area contributed by atoms with Crippen LogP contribution in [-0.4, -0.2) is 60.4 Å². The van der Waals surface area contributed by atoms with Gasteiger partial charge in [0, 0.05) is 49.2 Å². The van der Waals surface area contributed by atoms with Crippen molar-refractivity contribution in [2.45, 2.75) is 25.3 Å². The molecule has 1 N–H and O–H groups in total. The zero-order valence-electron chi connectivity index (χ0n) is 16.4. The number of guanidine groups is 1. The van der Waals surface area contributed by atoms with Crippen LogP contribution in [0.3, 0.4) is 0 Å². The predicted molar refractivity (Wildman–Crippen MR) is 128 cm³/mol. The second-order valence-electron chi connectivity index (χ2n) is 7.20. The first kappa shape index (κ1) is 22.1. The van der Waals surface area contributed by atoms with Crippen LogP contribution in [0.2, 0.25) is 0 Å². The van der Waals surface area contributed by atoms with Crippen LogP contribution in [0, 0.1) is 0 Å². The fraction of sp³-hybridized carbons (Fsp3) is 0.429. The fourth-order valence-corrected chi connectivity index (χ4v) is 3.93. The van der Waals surface area contributed by atoms with Crippen molar-refractivity contribution in [2.24, 2.45) is 4.99 Å². The number of nitrogens with one attached hydrogen (secondary N) is 1. The normalized spacial score (nSPS) is 21.5. The third-order valence-electron chi connectivity index (χ3n) is 5.31. The molecule has 1 aliphatic heterocycles. The van der Waals surface area contributed by atoms with E-state index in [2.05, 4.69) is 57.3 Å². The lowest BCUT2D eigenvalue weighted by atomic mass is 10.1. The molecule has 1 aromatic carbocycles. The number of benzene rings is 1. The van der Waals surface area contributed by atoms with Crippen LogP contribution < -0.4 is 5.32 Å². The van der Waals surface area contributed by atoms with E-state index >= 15 is 0 Å². The van der Waals surface area contributed by atoms with Crippen molar-refractivity contribution in [2.75, 3.05) is 32.7 Å². The molecule has 1 aliphatic carbocycles. The maximum Gasteiger partial charge on any atom is 0.289 e. The average Bonchev–Trinajstić information content (AvgIpc) is 3.26. The van der Waals surface area contributed by atoms with Crippen molar-refractivity contribution < 1.29 is 9.21 Å². The minimum Gasteiger partial charge on any atom is -0.459 e. The molecule has 0 spiro atoms. The van der Waals surface area contributed by atoms with Gasteiger partial charge in [0.2, 0.25) is 0 Å². The molecule has 2 aliphatic rings. The van der Waals surface area contributed by atoms with Gasteiger partial charge in [-0.3, -0.25) is 9.79 Å². The number of carbonyl (C=O) groups excluding carboxylic acids is 1. The average molecular weight is 573 g/mol. The monoisotopic (exact) mass is 572 g/mol. The van der Waals surface area contributed by atoms with Gasteiger partial charge in [-0.1, -0.05) is 28.1 Å². The van der Waals surface area contributed by atoms with Crippen molar-refractivity contribution in [3.8, 4) is 0 Å². The first-order valence-corrected chi connectivity index (χ1v) is 10.6. The van der Waals surface area contributed by atoms with Gasteiger partial charge in [0.05, 0.1) is 6.26 Å². The smallest absolute Gasteiger partial charge is 0.289 e. The van der Waals surface area contributed by atoms with Crippen molar-refractivity contribution in [3.05, 3.63) is 58.5 Å². The molecule has 2 fully saturated rings. The van der Waals surface area contributed by atoms with E-state index in [1.54, 1.807) is 12.1 Å². The number of aliphatic imine (C=N–C) groups is 1. The standard InChI is InChI=1S/C21H25BrN4O2.HI/c1-2-23-21(24-18-14-17(18)15-5-7-16(22)8-6-15)26-11-9-25(10-12-26)20(27)19-4-3-13-28-19;/h3-8,13,17-18H,2,9-12,14H2,1H3,(H,23,24);1H. The Kier molecular flexibility index (Phi) is 7.61. The van der Waals surface area contributed by atoms with Crippen molar-refractivity contribution in [3.63, 3.8) is 0 Å². The Morgan fingerprint density at radius 2 is 1.86 bits per heavy atom. The van der Waals surface area contributed by atoms with Gasteiger partial charge in [0.25, 0.3) is 5.91 Å². The Labute approximate surface area is 196 Å². The molecule has 0 bridgehead atoms. The fourth-order valence-electron chi connectivity index (χ4n) is 3.66. The molecule has 0 radical (unpaired) electrons.